The maximum atomic E-state index is 13.1. The summed E-state index contributed by atoms with van der Waals surface area (Å²) >= 11 is 0. The number of carbonyl (C=O) groups excluding carboxylic acids is 1. The van der Waals surface area contributed by atoms with E-state index in [1.165, 1.54) is 17.5 Å². The van der Waals surface area contributed by atoms with E-state index in [0.29, 0.717) is 37.6 Å². The molecule has 0 saturated carbocycles. The van der Waals surface area contributed by atoms with E-state index in [2.05, 4.69) is 4.90 Å². The van der Waals surface area contributed by atoms with Gasteiger partial charge in [0.05, 0.1) is 11.4 Å². The molecule has 3 rings (SSSR count). The van der Waals surface area contributed by atoms with Crippen LogP contribution in [-0.2, 0) is 27.7 Å². The molecule has 1 fully saturated rings. The maximum absolute atomic E-state index is 13.1. The Balaban J connectivity index is 1.62. The standard InChI is InChI=1S/C22H35N3O3S/c1-17(2)25(18(3)4)22(26)16-23-11-13-24(14-12-23)29(27,28)21-10-9-19-7-5-6-8-20(19)15-21/h9-10,15,17-18H,5-8,11-14,16H2,1-4H3. The average molecular weight is 422 g/mol. The number of carbonyl (C=O) groups is 1. The van der Waals surface area contributed by atoms with Gasteiger partial charge in [-0.2, -0.15) is 4.31 Å². The first kappa shape index (κ1) is 22.2. The van der Waals surface area contributed by atoms with Crippen molar-refractivity contribution in [1.82, 2.24) is 14.1 Å². The molecule has 1 aliphatic carbocycles. The van der Waals surface area contributed by atoms with Gasteiger partial charge in [0.25, 0.3) is 0 Å². The number of sulfonamides is 1. The molecule has 0 radical (unpaired) electrons. The number of hydrogen-bond acceptors (Lipinski definition) is 4. The topological polar surface area (TPSA) is 60.9 Å². The second-order valence-corrected chi connectivity index (χ2v) is 10.7. The molecule has 1 saturated heterocycles. The summed E-state index contributed by atoms with van der Waals surface area (Å²) in [6, 6.07) is 5.95. The number of nitrogens with zero attached hydrogens (tertiary/aromatic N) is 3. The highest BCUT2D eigenvalue weighted by Crippen LogP contribution is 2.26. The molecule has 0 aromatic heterocycles. The monoisotopic (exact) mass is 421 g/mol. The summed E-state index contributed by atoms with van der Waals surface area (Å²) < 4.78 is 27.8. The molecule has 0 spiro atoms. The van der Waals surface area contributed by atoms with Crippen LogP contribution in [0, 0.1) is 0 Å². The third-order valence-corrected chi connectivity index (χ3v) is 7.94. The Labute approximate surface area is 175 Å². The number of hydrogen-bond donors (Lipinski definition) is 0. The second kappa shape index (κ2) is 9.14. The molecular weight excluding hydrogens is 386 g/mol. The highest BCUT2D eigenvalue weighted by atomic mass is 32.2. The van der Waals surface area contributed by atoms with E-state index in [1.807, 2.05) is 44.7 Å². The van der Waals surface area contributed by atoms with Gasteiger partial charge in [-0.1, -0.05) is 6.07 Å². The Morgan fingerprint density at radius 1 is 0.966 bits per heavy atom. The average Bonchev–Trinajstić information content (AvgIpc) is 2.67. The van der Waals surface area contributed by atoms with Gasteiger partial charge in [-0.3, -0.25) is 9.69 Å². The van der Waals surface area contributed by atoms with Gasteiger partial charge in [0, 0.05) is 38.3 Å². The molecule has 1 aromatic rings. The quantitative estimate of drug-likeness (QED) is 0.708. The number of benzene rings is 1. The van der Waals surface area contributed by atoms with Crippen LogP contribution in [0.15, 0.2) is 23.1 Å². The molecule has 1 aliphatic heterocycles. The summed E-state index contributed by atoms with van der Waals surface area (Å²) in [7, 11) is -3.48. The normalized spacial score (nSPS) is 18.8. The third-order valence-electron chi connectivity index (χ3n) is 6.05. The molecule has 1 aromatic carbocycles. The van der Waals surface area contributed by atoms with E-state index >= 15 is 0 Å². The molecular formula is C22H35N3O3S. The van der Waals surface area contributed by atoms with Crippen molar-refractivity contribution < 1.29 is 13.2 Å². The Kier molecular flexibility index (Phi) is 7.02. The molecule has 29 heavy (non-hydrogen) atoms. The van der Waals surface area contributed by atoms with Crippen molar-refractivity contribution in [2.45, 2.75) is 70.4 Å². The second-order valence-electron chi connectivity index (χ2n) is 8.81. The molecule has 7 heteroatoms. The summed E-state index contributed by atoms with van der Waals surface area (Å²) in [5.41, 5.74) is 2.47. The van der Waals surface area contributed by atoms with Crippen LogP contribution in [0.1, 0.15) is 51.7 Å². The van der Waals surface area contributed by atoms with Gasteiger partial charge >= 0.3 is 0 Å². The molecule has 1 heterocycles. The van der Waals surface area contributed by atoms with Crippen molar-refractivity contribution in [3.05, 3.63) is 29.3 Å². The lowest BCUT2D eigenvalue weighted by atomic mass is 9.92. The van der Waals surface area contributed by atoms with Crippen LogP contribution in [-0.4, -0.2) is 73.2 Å². The summed E-state index contributed by atoms with van der Waals surface area (Å²) in [5, 5.41) is 0. The van der Waals surface area contributed by atoms with Gasteiger partial charge in [0.15, 0.2) is 0 Å². The highest BCUT2D eigenvalue weighted by Gasteiger charge is 2.31. The maximum Gasteiger partial charge on any atom is 0.243 e. The number of amides is 1. The van der Waals surface area contributed by atoms with Gasteiger partial charge in [0.2, 0.25) is 15.9 Å². The van der Waals surface area contributed by atoms with Crippen molar-refractivity contribution in [2.75, 3.05) is 32.7 Å². The fourth-order valence-electron chi connectivity index (χ4n) is 4.59. The zero-order chi connectivity index (χ0) is 21.2. The Bertz CT molecular complexity index is 820. The van der Waals surface area contributed by atoms with Gasteiger partial charge in [-0.25, -0.2) is 8.42 Å². The van der Waals surface area contributed by atoms with Crippen molar-refractivity contribution in [3.63, 3.8) is 0 Å². The van der Waals surface area contributed by atoms with Gasteiger partial charge in [-0.15, -0.1) is 0 Å². The van der Waals surface area contributed by atoms with Crippen LogP contribution in [0.25, 0.3) is 0 Å². The minimum absolute atomic E-state index is 0.112. The van der Waals surface area contributed by atoms with E-state index in [9.17, 15) is 13.2 Å². The van der Waals surface area contributed by atoms with Crippen molar-refractivity contribution >= 4 is 15.9 Å². The minimum atomic E-state index is -3.48. The Morgan fingerprint density at radius 2 is 1.55 bits per heavy atom. The number of piperazine rings is 1. The lowest BCUT2D eigenvalue weighted by Gasteiger charge is -2.36. The Morgan fingerprint density at radius 3 is 2.14 bits per heavy atom. The fraction of sp³-hybridized carbons (Fsp3) is 0.682. The van der Waals surface area contributed by atoms with Crippen molar-refractivity contribution in [3.8, 4) is 0 Å². The summed E-state index contributed by atoms with van der Waals surface area (Å²) in [5.74, 6) is 0.112. The van der Waals surface area contributed by atoms with Gasteiger partial charge < -0.3 is 4.90 Å². The first-order chi connectivity index (χ1) is 13.7. The van der Waals surface area contributed by atoms with E-state index in [1.54, 1.807) is 10.4 Å². The largest absolute Gasteiger partial charge is 0.337 e. The van der Waals surface area contributed by atoms with Gasteiger partial charge in [0.1, 0.15) is 0 Å². The van der Waals surface area contributed by atoms with E-state index < -0.39 is 10.0 Å². The minimum Gasteiger partial charge on any atom is -0.337 e. The van der Waals surface area contributed by atoms with Crippen molar-refractivity contribution in [2.24, 2.45) is 0 Å². The summed E-state index contributed by atoms with van der Waals surface area (Å²) in [4.78, 5) is 17.1. The molecule has 6 nitrogen and oxygen atoms in total. The van der Waals surface area contributed by atoms with Crippen LogP contribution < -0.4 is 0 Å². The lowest BCUT2D eigenvalue weighted by Crippen LogP contribution is -2.53. The molecule has 0 unspecified atom stereocenters. The van der Waals surface area contributed by atoms with Crippen molar-refractivity contribution in [1.29, 1.82) is 0 Å². The third kappa shape index (κ3) is 5.01. The van der Waals surface area contributed by atoms with Crippen LogP contribution in [0.4, 0.5) is 0 Å². The molecule has 1 amide bonds. The highest BCUT2D eigenvalue weighted by molar-refractivity contribution is 7.89. The van der Waals surface area contributed by atoms with Crippen LogP contribution in [0.3, 0.4) is 0 Å². The van der Waals surface area contributed by atoms with Crippen LogP contribution in [0.5, 0.6) is 0 Å². The first-order valence-electron chi connectivity index (χ1n) is 10.9. The zero-order valence-electron chi connectivity index (χ0n) is 18.2. The lowest BCUT2D eigenvalue weighted by molar-refractivity contribution is -0.136. The zero-order valence-corrected chi connectivity index (χ0v) is 19.0. The number of aryl methyl sites for hydroxylation is 2. The van der Waals surface area contributed by atoms with Gasteiger partial charge in [-0.05, 0) is 76.6 Å². The molecule has 0 bridgehead atoms. The van der Waals surface area contributed by atoms with Crippen LogP contribution >= 0.6 is 0 Å². The Hall–Kier alpha value is -1.44. The molecule has 0 N–H and O–H groups in total. The first-order valence-corrected chi connectivity index (χ1v) is 12.3. The van der Waals surface area contributed by atoms with Crippen LogP contribution in [0.2, 0.25) is 0 Å². The van der Waals surface area contributed by atoms with E-state index in [-0.39, 0.29) is 18.0 Å². The summed E-state index contributed by atoms with van der Waals surface area (Å²) in [6.07, 6.45) is 4.33. The predicted molar refractivity (Wildman–Crippen MR) is 115 cm³/mol. The molecule has 0 atom stereocenters. The van der Waals surface area contributed by atoms with E-state index in [4.69, 9.17) is 0 Å². The summed E-state index contributed by atoms with van der Waals surface area (Å²) in [6.45, 7) is 10.5. The number of fused-ring (bicyclic) bond motifs is 1. The molecule has 2 aliphatic rings. The fourth-order valence-corrected chi connectivity index (χ4v) is 6.07. The SMILES string of the molecule is CC(C)N(C(=O)CN1CCN(S(=O)(=O)c2ccc3c(c2)CCCC3)CC1)C(C)C. The smallest absolute Gasteiger partial charge is 0.243 e. The number of rotatable bonds is 6. The molecule has 162 valence electrons. The van der Waals surface area contributed by atoms with E-state index in [0.717, 1.165) is 19.3 Å². The predicted octanol–water partition coefficient (Wildman–Crippen LogP) is 2.52.